The van der Waals surface area contributed by atoms with Gasteiger partial charge in [-0.15, -0.1) is 0 Å². The number of para-hydroxylation sites is 1. The van der Waals surface area contributed by atoms with Gasteiger partial charge in [0.2, 0.25) is 0 Å². The summed E-state index contributed by atoms with van der Waals surface area (Å²) in [5.74, 6) is 0. The van der Waals surface area contributed by atoms with Crippen LogP contribution < -0.4 is 10.6 Å². The smallest absolute Gasteiger partial charge is 0.319 e. The number of urea groups is 1. The maximum atomic E-state index is 12.0. The lowest BCUT2D eigenvalue weighted by molar-refractivity contribution is 0.0917. The van der Waals surface area contributed by atoms with Gasteiger partial charge in [-0.25, -0.2) is 4.79 Å². The van der Waals surface area contributed by atoms with Crippen LogP contribution in [0.2, 0.25) is 0 Å². The highest BCUT2D eigenvalue weighted by Gasteiger charge is 2.21. The molecule has 4 N–H and O–H groups in total. The molecule has 0 bridgehead atoms. The van der Waals surface area contributed by atoms with Gasteiger partial charge in [0.15, 0.2) is 0 Å². The van der Waals surface area contributed by atoms with Crippen LogP contribution >= 0.6 is 0 Å². The molecule has 8 heteroatoms. The topological polar surface area (TPSA) is 106 Å². The molecule has 2 heterocycles. The molecule has 0 aliphatic carbocycles. The zero-order valence-corrected chi connectivity index (χ0v) is 13.0. The summed E-state index contributed by atoms with van der Waals surface area (Å²) in [4.78, 5) is 14.3. The van der Waals surface area contributed by atoms with Gasteiger partial charge in [-0.3, -0.25) is 4.90 Å². The molecular formula is C15H22N6O2. The number of rotatable bonds is 5. The second kappa shape index (κ2) is 7.38. The Morgan fingerprint density at radius 2 is 2.30 bits per heavy atom. The van der Waals surface area contributed by atoms with E-state index in [9.17, 15) is 9.90 Å². The quantitative estimate of drug-likeness (QED) is 0.656. The molecule has 124 valence electrons. The molecule has 1 aromatic heterocycles. The highest BCUT2D eigenvalue weighted by atomic mass is 16.3. The third-order valence-electron chi connectivity index (χ3n) is 4.24. The van der Waals surface area contributed by atoms with Crippen molar-refractivity contribution in [1.29, 1.82) is 0 Å². The number of nitrogens with one attached hydrogen (secondary N) is 3. The molecule has 2 amide bonds. The Hall–Kier alpha value is -2.19. The molecule has 0 saturated carbocycles. The minimum Gasteiger partial charge on any atom is -0.395 e. The van der Waals surface area contributed by atoms with E-state index in [-0.39, 0.29) is 18.7 Å². The van der Waals surface area contributed by atoms with E-state index >= 15 is 0 Å². The van der Waals surface area contributed by atoms with Crippen LogP contribution in [0.25, 0.3) is 11.0 Å². The summed E-state index contributed by atoms with van der Waals surface area (Å²) >= 11 is 0. The number of aromatic nitrogens is 3. The fourth-order valence-corrected chi connectivity index (χ4v) is 3.01. The molecule has 0 radical (unpaired) electrons. The highest BCUT2D eigenvalue weighted by molar-refractivity contribution is 5.98. The number of H-pyrrole nitrogens is 1. The van der Waals surface area contributed by atoms with Crippen molar-refractivity contribution in [1.82, 2.24) is 25.6 Å². The van der Waals surface area contributed by atoms with E-state index in [1.54, 1.807) is 6.07 Å². The van der Waals surface area contributed by atoms with Crippen molar-refractivity contribution in [3.05, 3.63) is 18.2 Å². The van der Waals surface area contributed by atoms with Gasteiger partial charge in [0.05, 0.1) is 12.3 Å². The normalized spacial score (nSPS) is 18.9. The van der Waals surface area contributed by atoms with E-state index in [0.717, 1.165) is 32.4 Å². The number of anilines is 1. The number of aliphatic hydroxyl groups excluding tert-OH is 1. The number of likely N-dealkylation sites (tertiary alicyclic amines) is 1. The number of benzene rings is 1. The minimum atomic E-state index is -0.266. The maximum Gasteiger partial charge on any atom is 0.319 e. The minimum absolute atomic E-state index is 0.181. The van der Waals surface area contributed by atoms with E-state index in [0.29, 0.717) is 23.3 Å². The SMILES string of the molecule is O=C(NCCN1CCCC[C@H]1CO)Nc1cccc2n[nH]nc12. The van der Waals surface area contributed by atoms with Crippen molar-refractivity contribution in [2.75, 3.05) is 31.6 Å². The van der Waals surface area contributed by atoms with Crippen LogP contribution in [0.15, 0.2) is 18.2 Å². The van der Waals surface area contributed by atoms with Crippen LogP contribution in [0.3, 0.4) is 0 Å². The number of aliphatic hydroxyl groups is 1. The molecule has 1 aromatic carbocycles. The monoisotopic (exact) mass is 318 g/mol. The Morgan fingerprint density at radius 1 is 1.39 bits per heavy atom. The van der Waals surface area contributed by atoms with Gasteiger partial charge in [-0.05, 0) is 31.5 Å². The average molecular weight is 318 g/mol. The predicted octanol–water partition coefficient (Wildman–Crippen LogP) is 0.926. The maximum absolute atomic E-state index is 12.0. The van der Waals surface area contributed by atoms with E-state index in [1.165, 1.54) is 0 Å². The van der Waals surface area contributed by atoms with Crippen LogP contribution in [0.1, 0.15) is 19.3 Å². The molecular weight excluding hydrogens is 296 g/mol. The van der Waals surface area contributed by atoms with Gasteiger partial charge in [0.1, 0.15) is 11.0 Å². The van der Waals surface area contributed by atoms with Gasteiger partial charge >= 0.3 is 6.03 Å². The highest BCUT2D eigenvalue weighted by Crippen LogP contribution is 2.18. The molecule has 2 aromatic rings. The van der Waals surface area contributed by atoms with Crippen LogP contribution in [-0.2, 0) is 0 Å². The Balaban J connectivity index is 1.49. The Labute approximate surface area is 134 Å². The zero-order valence-electron chi connectivity index (χ0n) is 13.0. The lowest BCUT2D eigenvalue weighted by atomic mass is 10.0. The summed E-state index contributed by atoms with van der Waals surface area (Å²) in [5.41, 5.74) is 1.97. The van der Waals surface area contributed by atoms with Gasteiger partial charge in [-0.2, -0.15) is 15.4 Å². The first-order valence-corrected chi connectivity index (χ1v) is 7.97. The molecule has 0 unspecified atom stereocenters. The Kier molecular flexibility index (Phi) is 5.04. The summed E-state index contributed by atoms with van der Waals surface area (Å²) in [6, 6.07) is 5.39. The first-order valence-electron chi connectivity index (χ1n) is 7.97. The van der Waals surface area contributed by atoms with Crippen LogP contribution in [0.4, 0.5) is 10.5 Å². The molecule has 3 rings (SSSR count). The number of piperidine rings is 1. The Bertz CT molecular complexity index is 658. The third-order valence-corrected chi connectivity index (χ3v) is 4.24. The lowest BCUT2D eigenvalue weighted by Gasteiger charge is -2.34. The zero-order chi connectivity index (χ0) is 16.1. The number of amides is 2. The molecule has 1 atom stereocenters. The third kappa shape index (κ3) is 3.77. The average Bonchev–Trinajstić information content (AvgIpc) is 3.05. The second-order valence-corrected chi connectivity index (χ2v) is 5.75. The fourth-order valence-electron chi connectivity index (χ4n) is 3.01. The van der Waals surface area contributed by atoms with Crippen molar-refractivity contribution >= 4 is 22.8 Å². The number of fused-ring (bicyclic) bond motifs is 1. The Morgan fingerprint density at radius 3 is 3.17 bits per heavy atom. The van der Waals surface area contributed by atoms with E-state index in [1.807, 2.05) is 12.1 Å². The number of aromatic amines is 1. The summed E-state index contributed by atoms with van der Waals surface area (Å²) < 4.78 is 0. The molecule has 1 aliphatic heterocycles. The number of hydrogen-bond donors (Lipinski definition) is 4. The van der Waals surface area contributed by atoms with Crippen molar-refractivity contribution < 1.29 is 9.90 Å². The summed E-state index contributed by atoms with van der Waals surface area (Å²) in [6.45, 7) is 2.44. The molecule has 23 heavy (non-hydrogen) atoms. The summed E-state index contributed by atoms with van der Waals surface area (Å²) in [7, 11) is 0. The number of nitrogens with zero attached hydrogens (tertiary/aromatic N) is 3. The summed E-state index contributed by atoms with van der Waals surface area (Å²) in [5, 5.41) is 25.6. The lowest BCUT2D eigenvalue weighted by Crippen LogP contribution is -2.46. The van der Waals surface area contributed by atoms with E-state index in [2.05, 4.69) is 30.9 Å². The predicted molar refractivity (Wildman–Crippen MR) is 87.2 cm³/mol. The van der Waals surface area contributed by atoms with Gasteiger partial charge in [0.25, 0.3) is 0 Å². The number of hydrogen-bond acceptors (Lipinski definition) is 5. The van der Waals surface area contributed by atoms with Crippen molar-refractivity contribution in [3.8, 4) is 0 Å². The van der Waals surface area contributed by atoms with Crippen LogP contribution in [0.5, 0.6) is 0 Å². The van der Waals surface area contributed by atoms with Crippen molar-refractivity contribution in [2.24, 2.45) is 0 Å². The van der Waals surface area contributed by atoms with Gasteiger partial charge in [-0.1, -0.05) is 12.5 Å². The molecule has 1 aliphatic rings. The molecule has 8 nitrogen and oxygen atoms in total. The van der Waals surface area contributed by atoms with Crippen molar-refractivity contribution in [2.45, 2.75) is 25.3 Å². The van der Waals surface area contributed by atoms with E-state index < -0.39 is 0 Å². The van der Waals surface area contributed by atoms with Crippen LogP contribution in [0, 0.1) is 0 Å². The largest absolute Gasteiger partial charge is 0.395 e. The van der Waals surface area contributed by atoms with Gasteiger partial charge < -0.3 is 15.7 Å². The van der Waals surface area contributed by atoms with Gasteiger partial charge in [0, 0.05) is 19.1 Å². The van der Waals surface area contributed by atoms with E-state index in [4.69, 9.17) is 0 Å². The first-order chi connectivity index (χ1) is 11.3. The summed E-state index contributed by atoms with van der Waals surface area (Å²) in [6.07, 6.45) is 3.34. The number of carbonyl (C=O) groups excluding carboxylic acids is 1. The van der Waals surface area contributed by atoms with Crippen molar-refractivity contribution in [3.63, 3.8) is 0 Å². The molecule has 0 spiro atoms. The molecule has 1 fully saturated rings. The second-order valence-electron chi connectivity index (χ2n) is 5.75. The first kappa shape index (κ1) is 15.7. The standard InChI is InChI=1S/C15H22N6O2/c22-10-11-4-1-2-8-21(11)9-7-16-15(23)17-12-5-3-6-13-14(12)19-20-18-13/h3,5-6,11,22H,1-2,4,7-10H2,(H2,16,17,23)(H,18,19,20)/t11-/m0/s1. The number of carbonyl (C=O) groups is 1. The fraction of sp³-hybridized carbons (Fsp3) is 0.533. The van der Waals surface area contributed by atoms with Crippen LogP contribution in [-0.4, -0.2) is 63.7 Å². The molecule has 1 saturated heterocycles.